The minimum Gasteiger partial charge on any atom is -0.493 e. The van der Waals surface area contributed by atoms with Gasteiger partial charge in [0.05, 0.1) is 20.8 Å². The minimum absolute atomic E-state index is 0.0175. The van der Waals surface area contributed by atoms with Crippen LogP contribution in [0.5, 0.6) is 11.5 Å². The number of methoxy groups -OCH3 is 2. The topological polar surface area (TPSA) is 67.9 Å². The van der Waals surface area contributed by atoms with Crippen molar-refractivity contribution in [1.82, 2.24) is 10.2 Å². The normalized spacial score (nSPS) is 17.3. The quantitative estimate of drug-likeness (QED) is 0.866. The van der Waals surface area contributed by atoms with E-state index in [0.717, 1.165) is 25.8 Å². The van der Waals surface area contributed by atoms with Gasteiger partial charge in [0.1, 0.15) is 0 Å². The van der Waals surface area contributed by atoms with Crippen LogP contribution in [-0.4, -0.2) is 50.1 Å². The first-order valence-electron chi connectivity index (χ1n) is 8.40. The van der Waals surface area contributed by atoms with Gasteiger partial charge in [-0.1, -0.05) is 6.92 Å². The van der Waals surface area contributed by atoms with Crippen molar-refractivity contribution in [2.45, 2.75) is 38.6 Å². The standard InChI is InChI=1S/C18H26N2O4/c1-4-14-7-5-6-10-20(14)17(21)12-19-18(22)13-8-9-15(23-2)16(11-13)24-3/h8-9,11,14H,4-7,10,12H2,1-3H3,(H,19,22). The first kappa shape index (κ1) is 18.1. The third-order valence-corrected chi connectivity index (χ3v) is 4.46. The molecule has 1 aromatic carbocycles. The maximum atomic E-state index is 12.4. The van der Waals surface area contributed by atoms with Crippen molar-refractivity contribution in [2.75, 3.05) is 27.3 Å². The molecule has 1 aliphatic heterocycles. The molecule has 1 aliphatic rings. The number of nitrogens with zero attached hydrogens (tertiary/aromatic N) is 1. The predicted molar refractivity (Wildman–Crippen MR) is 91.5 cm³/mol. The smallest absolute Gasteiger partial charge is 0.251 e. The van der Waals surface area contributed by atoms with Crippen molar-refractivity contribution in [1.29, 1.82) is 0 Å². The Kier molecular flexibility index (Phi) is 6.46. The third-order valence-electron chi connectivity index (χ3n) is 4.46. The molecule has 1 atom stereocenters. The Morgan fingerprint density at radius 3 is 2.62 bits per heavy atom. The summed E-state index contributed by atoms with van der Waals surface area (Å²) < 4.78 is 10.4. The number of benzene rings is 1. The molecule has 1 unspecified atom stereocenters. The van der Waals surface area contributed by atoms with Crippen molar-refractivity contribution in [3.8, 4) is 11.5 Å². The lowest BCUT2D eigenvalue weighted by Gasteiger charge is -2.35. The highest BCUT2D eigenvalue weighted by atomic mass is 16.5. The van der Waals surface area contributed by atoms with Crippen LogP contribution in [0.15, 0.2) is 18.2 Å². The van der Waals surface area contributed by atoms with Gasteiger partial charge >= 0.3 is 0 Å². The Morgan fingerprint density at radius 1 is 1.21 bits per heavy atom. The Hall–Kier alpha value is -2.24. The van der Waals surface area contributed by atoms with Crippen molar-refractivity contribution in [3.05, 3.63) is 23.8 Å². The largest absolute Gasteiger partial charge is 0.493 e. The first-order valence-corrected chi connectivity index (χ1v) is 8.40. The predicted octanol–water partition coefficient (Wildman–Crippen LogP) is 2.22. The van der Waals surface area contributed by atoms with E-state index in [4.69, 9.17) is 9.47 Å². The zero-order valence-electron chi connectivity index (χ0n) is 14.6. The number of likely N-dealkylation sites (tertiary alicyclic amines) is 1. The van der Waals surface area contributed by atoms with E-state index in [1.54, 1.807) is 25.3 Å². The molecule has 0 spiro atoms. The molecule has 2 rings (SSSR count). The lowest BCUT2D eigenvalue weighted by atomic mass is 10.00. The van der Waals surface area contributed by atoms with Crippen molar-refractivity contribution < 1.29 is 19.1 Å². The van der Waals surface area contributed by atoms with E-state index < -0.39 is 0 Å². The van der Waals surface area contributed by atoms with Crippen LogP contribution in [0.1, 0.15) is 43.0 Å². The van der Waals surface area contributed by atoms with Crippen LogP contribution in [0.2, 0.25) is 0 Å². The minimum atomic E-state index is -0.297. The van der Waals surface area contributed by atoms with Crippen LogP contribution in [0, 0.1) is 0 Å². The second kappa shape index (κ2) is 8.57. The Labute approximate surface area is 143 Å². The maximum absolute atomic E-state index is 12.4. The van der Waals surface area contributed by atoms with Crippen LogP contribution in [0.25, 0.3) is 0 Å². The van der Waals surface area contributed by atoms with Gasteiger partial charge in [-0.15, -0.1) is 0 Å². The summed E-state index contributed by atoms with van der Waals surface area (Å²) in [5, 5.41) is 2.70. The second-order valence-corrected chi connectivity index (χ2v) is 5.90. The second-order valence-electron chi connectivity index (χ2n) is 5.90. The highest BCUT2D eigenvalue weighted by molar-refractivity contribution is 5.97. The molecular formula is C18H26N2O4. The van der Waals surface area contributed by atoms with Gasteiger partial charge < -0.3 is 19.7 Å². The van der Waals surface area contributed by atoms with Gasteiger partial charge in [-0.3, -0.25) is 9.59 Å². The molecule has 24 heavy (non-hydrogen) atoms. The van der Waals surface area contributed by atoms with Gasteiger partial charge in [-0.2, -0.15) is 0 Å². The maximum Gasteiger partial charge on any atom is 0.251 e. The van der Waals surface area contributed by atoms with E-state index in [1.807, 2.05) is 4.90 Å². The zero-order valence-corrected chi connectivity index (χ0v) is 14.6. The van der Waals surface area contributed by atoms with Crippen molar-refractivity contribution >= 4 is 11.8 Å². The molecule has 0 aliphatic carbocycles. The fourth-order valence-corrected chi connectivity index (χ4v) is 3.09. The summed E-state index contributed by atoms with van der Waals surface area (Å²) in [4.78, 5) is 26.6. The molecule has 1 heterocycles. The van der Waals surface area contributed by atoms with Gasteiger partial charge in [-0.05, 0) is 43.9 Å². The summed E-state index contributed by atoms with van der Waals surface area (Å²) in [6.07, 6.45) is 4.20. The monoisotopic (exact) mass is 334 g/mol. The Bertz CT molecular complexity index is 588. The van der Waals surface area contributed by atoms with Gasteiger partial charge in [0.25, 0.3) is 5.91 Å². The highest BCUT2D eigenvalue weighted by Gasteiger charge is 2.25. The van der Waals surface area contributed by atoms with Crippen LogP contribution >= 0.6 is 0 Å². The molecule has 0 aromatic heterocycles. The van der Waals surface area contributed by atoms with E-state index in [9.17, 15) is 9.59 Å². The van der Waals surface area contributed by atoms with E-state index in [-0.39, 0.29) is 18.4 Å². The number of piperidine rings is 1. The number of nitrogens with one attached hydrogen (secondary N) is 1. The van der Waals surface area contributed by atoms with Gasteiger partial charge in [0.15, 0.2) is 11.5 Å². The van der Waals surface area contributed by atoms with Gasteiger partial charge in [0.2, 0.25) is 5.91 Å². The van der Waals surface area contributed by atoms with E-state index in [2.05, 4.69) is 12.2 Å². The molecule has 1 fully saturated rings. The molecular weight excluding hydrogens is 308 g/mol. The summed E-state index contributed by atoms with van der Waals surface area (Å²) in [6.45, 7) is 2.89. The third kappa shape index (κ3) is 4.19. The molecule has 0 saturated carbocycles. The molecule has 0 bridgehead atoms. The lowest BCUT2D eigenvalue weighted by Crippen LogP contribution is -2.47. The summed E-state index contributed by atoms with van der Waals surface area (Å²) >= 11 is 0. The number of hydrogen-bond acceptors (Lipinski definition) is 4. The SMILES string of the molecule is CCC1CCCCN1C(=O)CNC(=O)c1ccc(OC)c(OC)c1. The Balaban J connectivity index is 1.96. The average molecular weight is 334 g/mol. The molecule has 132 valence electrons. The summed E-state index contributed by atoms with van der Waals surface area (Å²) in [5.41, 5.74) is 0.436. The van der Waals surface area contributed by atoms with Crippen molar-refractivity contribution in [3.63, 3.8) is 0 Å². The van der Waals surface area contributed by atoms with Gasteiger partial charge in [-0.25, -0.2) is 0 Å². The number of ether oxygens (including phenoxy) is 2. The van der Waals surface area contributed by atoms with Crippen LogP contribution in [0.3, 0.4) is 0 Å². The summed E-state index contributed by atoms with van der Waals surface area (Å²) in [6, 6.07) is 5.22. The fraction of sp³-hybridized carbons (Fsp3) is 0.556. The molecule has 1 aromatic rings. The molecule has 0 radical (unpaired) electrons. The number of hydrogen-bond donors (Lipinski definition) is 1. The number of carbonyl (C=O) groups is 2. The number of amides is 2. The lowest BCUT2D eigenvalue weighted by molar-refractivity contribution is -0.133. The van der Waals surface area contributed by atoms with Crippen LogP contribution in [0.4, 0.5) is 0 Å². The van der Waals surface area contributed by atoms with Crippen LogP contribution in [-0.2, 0) is 4.79 Å². The molecule has 1 saturated heterocycles. The average Bonchev–Trinajstić information content (AvgIpc) is 2.64. The molecule has 6 nitrogen and oxygen atoms in total. The summed E-state index contributed by atoms with van der Waals surface area (Å²) in [7, 11) is 3.06. The molecule has 6 heteroatoms. The highest BCUT2D eigenvalue weighted by Crippen LogP contribution is 2.27. The zero-order chi connectivity index (χ0) is 17.5. The van der Waals surface area contributed by atoms with Gasteiger partial charge in [0, 0.05) is 18.2 Å². The molecule has 2 amide bonds. The molecule has 1 N–H and O–H groups in total. The van der Waals surface area contributed by atoms with Crippen LogP contribution < -0.4 is 14.8 Å². The number of rotatable bonds is 6. The summed E-state index contributed by atoms with van der Waals surface area (Å²) in [5.74, 6) is 0.729. The van der Waals surface area contributed by atoms with E-state index in [1.165, 1.54) is 13.5 Å². The fourth-order valence-electron chi connectivity index (χ4n) is 3.09. The first-order chi connectivity index (χ1) is 11.6. The number of carbonyl (C=O) groups excluding carboxylic acids is 2. The van der Waals surface area contributed by atoms with E-state index >= 15 is 0 Å². The Morgan fingerprint density at radius 2 is 1.96 bits per heavy atom. The van der Waals surface area contributed by atoms with E-state index in [0.29, 0.717) is 23.1 Å². The van der Waals surface area contributed by atoms with Crippen molar-refractivity contribution in [2.24, 2.45) is 0 Å².